The second-order valence-electron chi connectivity index (χ2n) is 3.00. The van der Waals surface area contributed by atoms with Crippen molar-refractivity contribution in [2.75, 3.05) is 0 Å². The molecule has 0 saturated heterocycles. The average Bonchev–Trinajstić information content (AvgIpc) is 2.17. The summed E-state index contributed by atoms with van der Waals surface area (Å²) in [6.07, 6.45) is 4.47. The third kappa shape index (κ3) is 1.67. The zero-order valence-corrected chi connectivity index (χ0v) is 8.22. The van der Waals surface area contributed by atoms with Gasteiger partial charge in [0.05, 0.1) is 0 Å². The van der Waals surface area contributed by atoms with E-state index in [0.29, 0.717) is 10.9 Å². The van der Waals surface area contributed by atoms with Crippen molar-refractivity contribution in [1.82, 2.24) is 4.90 Å². The molecule has 2 N–H and O–H groups in total. The lowest BCUT2D eigenvalue weighted by Crippen LogP contribution is -2.41. The maximum absolute atomic E-state index is 10.7. The number of hydrogen-bond donors (Lipinski definition) is 2. The molecule has 0 aliphatic carbocycles. The lowest BCUT2D eigenvalue weighted by atomic mass is 10.2. The summed E-state index contributed by atoms with van der Waals surface area (Å²) in [6, 6.07) is 0. The average molecular weight is 227 g/mol. The number of aliphatic hydroxyl groups is 1. The van der Waals surface area contributed by atoms with Crippen LogP contribution in [0.25, 0.3) is 0 Å². The van der Waals surface area contributed by atoms with Crippen LogP contribution < -0.4 is 0 Å². The molecule has 1 unspecified atom stereocenters. The zero-order chi connectivity index (χ0) is 11.0. The Hall–Kier alpha value is -1.59. The Bertz CT molecular complexity index is 437. The lowest BCUT2D eigenvalue weighted by Gasteiger charge is -2.30. The molecule has 0 amide bonds. The molecular weight excluding hydrogens is 220 g/mol. The Kier molecular flexibility index (Phi) is 2.34. The minimum atomic E-state index is -1.23. The number of aliphatic carboxylic acids is 1. The molecule has 2 aliphatic heterocycles. The number of aliphatic hydroxyl groups excluding tert-OH is 1. The van der Waals surface area contributed by atoms with Gasteiger partial charge in [0.25, 0.3) is 0 Å². The van der Waals surface area contributed by atoms with Gasteiger partial charge < -0.3 is 15.1 Å². The van der Waals surface area contributed by atoms with Crippen molar-refractivity contribution in [3.8, 4) is 0 Å². The fourth-order valence-electron chi connectivity index (χ4n) is 1.30. The van der Waals surface area contributed by atoms with E-state index in [9.17, 15) is 9.90 Å². The predicted molar refractivity (Wildman–Crippen MR) is 54.1 cm³/mol. The van der Waals surface area contributed by atoms with Crippen molar-refractivity contribution in [3.05, 3.63) is 35.2 Å². The van der Waals surface area contributed by atoms with E-state index in [-0.39, 0.29) is 5.57 Å². The van der Waals surface area contributed by atoms with Crippen LogP contribution >= 0.6 is 11.6 Å². The van der Waals surface area contributed by atoms with Gasteiger partial charge in [-0.25, -0.2) is 9.79 Å². The normalized spacial score (nSPS) is 24.0. The molecule has 15 heavy (non-hydrogen) atoms. The Morgan fingerprint density at radius 2 is 2.33 bits per heavy atom. The van der Waals surface area contributed by atoms with E-state index < -0.39 is 12.2 Å². The minimum absolute atomic E-state index is 0.171. The number of amidine groups is 1. The van der Waals surface area contributed by atoms with E-state index in [4.69, 9.17) is 16.7 Å². The summed E-state index contributed by atoms with van der Waals surface area (Å²) >= 11 is 5.73. The number of carboxylic acid groups (broad SMARTS) is 1. The Labute approximate surface area is 90.3 Å². The predicted octanol–water partition coefficient (Wildman–Crippen LogP) is 0.637. The van der Waals surface area contributed by atoms with Crippen molar-refractivity contribution in [3.63, 3.8) is 0 Å². The van der Waals surface area contributed by atoms with E-state index in [2.05, 4.69) is 4.99 Å². The summed E-state index contributed by atoms with van der Waals surface area (Å²) in [5, 5.41) is 18.9. The van der Waals surface area contributed by atoms with Gasteiger partial charge in [-0.3, -0.25) is 0 Å². The quantitative estimate of drug-likeness (QED) is 0.688. The van der Waals surface area contributed by atoms with Crippen LogP contribution in [-0.2, 0) is 4.79 Å². The van der Waals surface area contributed by atoms with Crippen molar-refractivity contribution < 1.29 is 15.0 Å². The van der Waals surface area contributed by atoms with Gasteiger partial charge in [-0.05, 0) is 12.2 Å². The van der Waals surface area contributed by atoms with E-state index in [0.717, 1.165) is 6.20 Å². The smallest absolute Gasteiger partial charge is 0.337 e. The standard InChI is InChI=1S/C9H7ClN2O3/c10-5-1-2-12-7(3-5)11-4-6(8(12)13)9(14)15/h1-4,8,13H,(H,14,15). The lowest BCUT2D eigenvalue weighted by molar-refractivity contribution is -0.134. The van der Waals surface area contributed by atoms with E-state index >= 15 is 0 Å². The zero-order valence-electron chi connectivity index (χ0n) is 7.46. The highest BCUT2D eigenvalue weighted by Crippen LogP contribution is 2.21. The number of fused-ring (bicyclic) bond motifs is 1. The van der Waals surface area contributed by atoms with Crippen LogP contribution in [0.5, 0.6) is 0 Å². The van der Waals surface area contributed by atoms with Gasteiger partial charge in [0.1, 0.15) is 11.4 Å². The van der Waals surface area contributed by atoms with Crippen LogP contribution in [-0.4, -0.2) is 33.1 Å². The second kappa shape index (κ2) is 3.52. The molecule has 0 saturated carbocycles. The topological polar surface area (TPSA) is 73.1 Å². The van der Waals surface area contributed by atoms with Crippen molar-refractivity contribution in [2.24, 2.45) is 4.99 Å². The van der Waals surface area contributed by atoms with Crippen LogP contribution in [0.15, 0.2) is 40.1 Å². The molecule has 0 aromatic rings. The molecular formula is C9H7ClN2O3. The monoisotopic (exact) mass is 226 g/mol. The molecule has 5 nitrogen and oxygen atoms in total. The largest absolute Gasteiger partial charge is 0.478 e. The maximum Gasteiger partial charge on any atom is 0.337 e. The number of aliphatic imine (C=N–C) groups is 1. The number of halogens is 1. The first-order valence-electron chi connectivity index (χ1n) is 4.12. The molecule has 78 valence electrons. The van der Waals surface area contributed by atoms with Gasteiger partial charge in [-0.2, -0.15) is 0 Å². The fourth-order valence-corrected chi connectivity index (χ4v) is 1.46. The first-order chi connectivity index (χ1) is 7.09. The summed E-state index contributed by atoms with van der Waals surface area (Å²) in [4.78, 5) is 15.9. The maximum atomic E-state index is 10.7. The SMILES string of the molecule is O=C(O)C1=CN=C2C=C(Cl)C=CN2C1O. The van der Waals surface area contributed by atoms with Gasteiger partial charge >= 0.3 is 5.97 Å². The molecule has 0 fully saturated rings. The molecule has 0 bridgehead atoms. The molecule has 0 spiro atoms. The van der Waals surface area contributed by atoms with E-state index in [1.165, 1.54) is 11.1 Å². The van der Waals surface area contributed by atoms with E-state index in [1.807, 2.05) is 0 Å². The Balaban J connectivity index is 2.40. The second-order valence-corrected chi connectivity index (χ2v) is 3.44. The summed E-state index contributed by atoms with van der Waals surface area (Å²) < 4.78 is 0. The van der Waals surface area contributed by atoms with Gasteiger partial charge in [-0.15, -0.1) is 0 Å². The summed E-state index contributed by atoms with van der Waals surface area (Å²) in [5.41, 5.74) is -0.171. The molecule has 1 atom stereocenters. The molecule has 0 aromatic heterocycles. The molecule has 6 heteroatoms. The third-order valence-corrected chi connectivity index (χ3v) is 2.29. The number of rotatable bonds is 1. The summed E-state index contributed by atoms with van der Waals surface area (Å²) in [7, 11) is 0. The van der Waals surface area contributed by atoms with Crippen LogP contribution in [0.2, 0.25) is 0 Å². The van der Waals surface area contributed by atoms with E-state index in [1.54, 1.807) is 12.2 Å². The van der Waals surface area contributed by atoms with Crippen LogP contribution in [0.3, 0.4) is 0 Å². The first kappa shape index (κ1) is 9.95. The number of carbonyl (C=O) groups is 1. The summed E-state index contributed by atoms with van der Waals surface area (Å²) in [6.45, 7) is 0. The highest BCUT2D eigenvalue weighted by molar-refractivity contribution is 6.33. The molecule has 0 aromatic carbocycles. The molecule has 2 heterocycles. The first-order valence-corrected chi connectivity index (χ1v) is 4.50. The Morgan fingerprint density at radius 1 is 1.60 bits per heavy atom. The van der Waals surface area contributed by atoms with Crippen molar-refractivity contribution >= 4 is 23.4 Å². The van der Waals surface area contributed by atoms with Crippen LogP contribution in [0, 0.1) is 0 Å². The highest BCUT2D eigenvalue weighted by atomic mass is 35.5. The third-order valence-electron chi connectivity index (χ3n) is 2.05. The Morgan fingerprint density at radius 3 is 3.00 bits per heavy atom. The number of allylic oxidation sites excluding steroid dienone is 2. The minimum Gasteiger partial charge on any atom is -0.478 e. The highest BCUT2D eigenvalue weighted by Gasteiger charge is 2.29. The summed E-state index contributed by atoms with van der Waals surface area (Å²) in [5.74, 6) is -0.778. The molecule has 2 rings (SSSR count). The number of nitrogens with zero attached hydrogens (tertiary/aromatic N) is 2. The number of hydrogen-bond acceptors (Lipinski definition) is 4. The van der Waals surface area contributed by atoms with Gasteiger partial charge in [0, 0.05) is 17.4 Å². The van der Waals surface area contributed by atoms with Gasteiger partial charge in [0.15, 0.2) is 6.23 Å². The number of carboxylic acids is 1. The fraction of sp³-hybridized carbons (Fsp3) is 0.111. The van der Waals surface area contributed by atoms with Gasteiger partial charge in [-0.1, -0.05) is 11.6 Å². The van der Waals surface area contributed by atoms with Crippen molar-refractivity contribution in [1.29, 1.82) is 0 Å². The molecule has 2 aliphatic rings. The van der Waals surface area contributed by atoms with Crippen molar-refractivity contribution in [2.45, 2.75) is 6.23 Å². The van der Waals surface area contributed by atoms with Crippen LogP contribution in [0.1, 0.15) is 0 Å². The van der Waals surface area contributed by atoms with Crippen LogP contribution in [0.4, 0.5) is 0 Å². The molecule has 0 radical (unpaired) electrons. The van der Waals surface area contributed by atoms with Gasteiger partial charge in [0.2, 0.25) is 0 Å².